The largest absolute Gasteiger partial charge is 0.360 e. The number of nitrogens with one attached hydrogen (secondary N) is 1. The summed E-state index contributed by atoms with van der Waals surface area (Å²) in [7, 11) is 1.75. The summed E-state index contributed by atoms with van der Waals surface area (Å²) in [6, 6.07) is 0. The Kier molecular flexibility index (Phi) is 3.77. The fourth-order valence-corrected chi connectivity index (χ4v) is 4.51. The molecule has 0 aromatic carbocycles. The fourth-order valence-electron chi connectivity index (χ4n) is 4.51. The molecule has 2 fully saturated rings. The van der Waals surface area contributed by atoms with Crippen molar-refractivity contribution in [3.63, 3.8) is 0 Å². The molecule has 140 valence electrons. The van der Waals surface area contributed by atoms with Crippen LogP contribution in [0, 0.1) is 17.3 Å². The van der Waals surface area contributed by atoms with Crippen molar-refractivity contribution in [3.05, 3.63) is 30.4 Å². The van der Waals surface area contributed by atoms with Gasteiger partial charge in [-0.3, -0.25) is 9.59 Å². The van der Waals surface area contributed by atoms with Gasteiger partial charge in [0.1, 0.15) is 11.4 Å². The zero-order chi connectivity index (χ0) is 18.7. The summed E-state index contributed by atoms with van der Waals surface area (Å²) in [6.07, 6.45) is 7.04. The van der Waals surface area contributed by atoms with E-state index in [1.165, 1.54) is 0 Å². The van der Waals surface area contributed by atoms with E-state index in [0.717, 1.165) is 5.82 Å². The highest BCUT2D eigenvalue weighted by molar-refractivity contribution is 5.93. The standard InChI is InChI=1S/C19H26N4O3/c1-18(2,3)10-23-11-19-6-5-12(26-19)14(15(19)17(23)25)16(24)22(4)9-13-20-7-8-21-13/h5-8,12,14-15H,9-11H2,1-4H3,(H,20,21)/t12-,14?,15?,19-/m1/s1. The lowest BCUT2D eigenvalue weighted by Gasteiger charge is -2.29. The average molecular weight is 358 g/mol. The van der Waals surface area contributed by atoms with Crippen molar-refractivity contribution >= 4 is 11.8 Å². The number of hydrogen-bond donors (Lipinski definition) is 1. The Bertz CT molecular complexity index is 751. The van der Waals surface area contributed by atoms with E-state index in [0.29, 0.717) is 19.6 Å². The summed E-state index contributed by atoms with van der Waals surface area (Å²) in [5, 5.41) is 0. The van der Waals surface area contributed by atoms with Gasteiger partial charge in [-0.05, 0) is 5.41 Å². The maximum Gasteiger partial charge on any atom is 0.230 e. The topological polar surface area (TPSA) is 78.5 Å². The number of H-pyrrole nitrogens is 1. The molecule has 2 bridgehead atoms. The molecule has 4 heterocycles. The Morgan fingerprint density at radius 2 is 2.27 bits per heavy atom. The number of hydrogen-bond acceptors (Lipinski definition) is 4. The molecule has 0 aliphatic carbocycles. The zero-order valence-electron chi connectivity index (χ0n) is 15.7. The van der Waals surface area contributed by atoms with E-state index in [2.05, 4.69) is 30.7 Å². The molecule has 1 aromatic rings. The van der Waals surface area contributed by atoms with Crippen molar-refractivity contribution in [2.75, 3.05) is 20.1 Å². The lowest BCUT2D eigenvalue weighted by Crippen LogP contribution is -2.45. The number of fused-ring (bicyclic) bond motifs is 1. The van der Waals surface area contributed by atoms with Crippen molar-refractivity contribution in [1.29, 1.82) is 0 Å². The van der Waals surface area contributed by atoms with Crippen LogP contribution in [0.1, 0.15) is 26.6 Å². The predicted octanol–water partition coefficient (Wildman–Crippen LogP) is 1.20. The summed E-state index contributed by atoms with van der Waals surface area (Å²) >= 11 is 0. The van der Waals surface area contributed by atoms with Crippen molar-refractivity contribution in [3.8, 4) is 0 Å². The van der Waals surface area contributed by atoms with Gasteiger partial charge in [0.05, 0.1) is 31.0 Å². The Morgan fingerprint density at radius 3 is 2.92 bits per heavy atom. The zero-order valence-corrected chi connectivity index (χ0v) is 15.7. The first-order valence-electron chi connectivity index (χ1n) is 9.09. The van der Waals surface area contributed by atoms with Crippen LogP contribution in [0.3, 0.4) is 0 Å². The number of aromatic amines is 1. The van der Waals surface area contributed by atoms with Crippen molar-refractivity contribution in [1.82, 2.24) is 19.8 Å². The Morgan fingerprint density at radius 1 is 1.50 bits per heavy atom. The van der Waals surface area contributed by atoms with E-state index in [1.54, 1.807) is 24.3 Å². The molecule has 0 radical (unpaired) electrons. The van der Waals surface area contributed by atoms with Gasteiger partial charge in [-0.1, -0.05) is 32.9 Å². The first-order valence-corrected chi connectivity index (χ1v) is 9.09. The van der Waals surface area contributed by atoms with Crippen LogP contribution in [0.15, 0.2) is 24.5 Å². The third-order valence-corrected chi connectivity index (χ3v) is 5.45. The highest BCUT2D eigenvalue weighted by atomic mass is 16.5. The van der Waals surface area contributed by atoms with Crippen LogP contribution in [0.2, 0.25) is 0 Å². The number of ether oxygens (including phenoxy) is 1. The molecule has 3 aliphatic rings. The van der Waals surface area contributed by atoms with Gasteiger partial charge in [-0.25, -0.2) is 4.98 Å². The summed E-state index contributed by atoms with van der Waals surface area (Å²) < 4.78 is 6.17. The molecule has 26 heavy (non-hydrogen) atoms. The normalized spacial score (nSPS) is 32.4. The number of likely N-dealkylation sites (tertiary alicyclic amines) is 1. The van der Waals surface area contributed by atoms with Crippen LogP contribution in [0.25, 0.3) is 0 Å². The Hall–Kier alpha value is -2.15. The first kappa shape index (κ1) is 17.3. The summed E-state index contributed by atoms with van der Waals surface area (Å²) in [6.45, 7) is 7.92. The minimum absolute atomic E-state index is 0.00222. The molecule has 4 rings (SSSR count). The third-order valence-electron chi connectivity index (χ3n) is 5.45. The van der Waals surface area contributed by atoms with Gasteiger partial charge >= 0.3 is 0 Å². The molecule has 2 unspecified atom stereocenters. The minimum atomic E-state index is -0.640. The number of imidazole rings is 1. The van der Waals surface area contributed by atoms with Crippen molar-refractivity contribution in [2.45, 2.75) is 39.0 Å². The minimum Gasteiger partial charge on any atom is -0.360 e. The summed E-state index contributed by atoms with van der Waals surface area (Å²) in [5.41, 5.74) is -0.638. The predicted molar refractivity (Wildman–Crippen MR) is 94.8 cm³/mol. The van der Waals surface area contributed by atoms with Crippen LogP contribution in [-0.4, -0.2) is 63.4 Å². The number of carbonyl (C=O) groups is 2. The van der Waals surface area contributed by atoms with Gasteiger partial charge < -0.3 is 19.5 Å². The lowest BCUT2D eigenvalue weighted by molar-refractivity contribution is -0.143. The van der Waals surface area contributed by atoms with Gasteiger partial charge in [0.15, 0.2) is 0 Å². The number of nitrogens with zero attached hydrogens (tertiary/aromatic N) is 3. The second-order valence-electron chi connectivity index (χ2n) is 8.89. The van der Waals surface area contributed by atoms with Crippen molar-refractivity contribution in [2.24, 2.45) is 17.3 Å². The maximum atomic E-state index is 13.1. The fraction of sp³-hybridized carbons (Fsp3) is 0.632. The Balaban J connectivity index is 1.56. The molecule has 1 N–H and O–H groups in total. The van der Waals surface area contributed by atoms with E-state index in [1.807, 2.05) is 17.1 Å². The highest BCUT2D eigenvalue weighted by Gasteiger charge is 2.67. The van der Waals surface area contributed by atoms with Gasteiger partial charge in [0.2, 0.25) is 11.8 Å². The molecule has 1 aromatic heterocycles. The van der Waals surface area contributed by atoms with Crippen LogP contribution >= 0.6 is 0 Å². The number of aromatic nitrogens is 2. The van der Waals surface area contributed by atoms with Crippen LogP contribution in [-0.2, 0) is 20.9 Å². The van der Waals surface area contributed by atoms with E-state index in [-0.39, 0.29) is 23.3 Å². The lowest BCUT2D eigenvalue weighted by atomic mass is 9.76. The third kappa shape index (κ3) is 2.65. The summed E-state index contributed by atoms with van der Waals surface area (Å²) in [4.78, 5) is 36.9. The van der Waals surface area contributed by atoms with Gasteiger partial charge in [0, 0.05) is 26.0 Å². The second kappa shape index (κ2) is 5.67. The van der Waals surface area contributed by atoms with Gasteiger partial charge in [0.25, 0.3) is 0 Å². The second-order valence-corrected chi connectivity index (χ2v) is 8.89. The van der Waals surface area contributed by atoms with E-state index in [4.69, 9.17) is 4.74 Å². The molecule has 7 heteroatoms. The van der Waals surface area contributed by atoms with Crippen molar-refractivity contribution < 1.29 is 14.3 Å². The van der Waals surface area contributed by atoms with Gasteiger partial charge in [-0.15, -0.1) is 0 Å². The molecule has 7 nitrogen and oxygen atoms in total. The van der Waals surface area contributed by atoms with E-state index >= 15 is 0 Å². The molecular weight excluding hydrogens is 332 g/mol. The molecule has 0 saturated carbocycles. The average Bonchev–Trinajstić information content (AvgIpc) is 3.29. The monoisotopic (exact) mass is 358 g/mol. The quantitative estimate of drug-likeness (QED) is 0.821. The number of amides is 2. The first-order chi connectivity index (χ1) is 12.2. The van der Waals surface area contributed by atoms with Gasteiger partial charge in [-0.2, -0.15) is 0 Å². The molecule has 2 saturated heterocycles. The Labute approximate surface area is 153 Å². The summed E-state index contributed by atoms with van der Waals surface area (Å²) in [5.74, 6) is -0.184. The highest BCUT2D eigenvalue weighted by Crippen LogP contribution is 2.52. The smallest absolute Gasteiger partial charge is 0.230 e. The number of carbonyl (C=O) groups excluding carboxylic acids is 2. The molecule has 1 spiro atoms. The molecule has 3 aliphatic heterocycles. The molecular formula is C19H26N4O3. The molecule has 2 amide bonds. The number of rotatable bonds is 4. The van der Waals surface area contributed by atoms with Crippen LogP contribution < -0.4 is 0 Å². The van der Waals surface area contributed by atoms with E-state index in [9.17, 15) is 9.59 Å². The SMILES string of the molecule is CN(Cc1ncc[nH]1)C(=O)C1C2C(=O)N(CC(C)(C)C)C[C@]23C=C[C@H]1O3. The molecule has 4 atom stereocenters. The maximum absolute atomic E-state index is 13.1. The van der Waals surface area contributed by atoms with Crippen LogP contribution in [0.5, 0.6) is 0 Å². The van der Waals surface area contributed by atoms with E-state index < -0.39 is 17.4 Å². The van der Waals surface area contributed by atoms with Crippen LogP contribution in [0.4, 0.5) is 0 Å².